The van der Waals surface area contributed by atoms with E-state index in [1.54, 1.807) is 13.3 Å². The van der Waals surface area contributed by atoms with E-state index in [-0.39, 0.29) is 17.5 Å². The standard InChI is InChI=1S/C26H38N6O/c1-6-26(5)15-32(22-8-7-17(2)13-21(22)26)24-23(18(3)29-16-30-24)31-19(4)25(33)28-14-20-9-11-27-12-10-20/h7-8,13,16,20,24,27H,6,9-12,14-15H2,1-5H3,(H,28,33)(H,29,30)/b31-19+. The SMILES string of the molecule is CCC1(C)CN(C2NC=NC(C)=C2/N=C(\C)C(=O)NCC2CCNCC2)c2ccc(C)cc21. The molecule has 1 aromatic carbocycles. The van der Waals surface area contributed by atoms with Crippen LogP contribution in [0.3, 0.4) is 0 Å². The molecule has 1 amide bonds. The Labute approximate surface area is 197 Å². The van der Waals surface area contributed by atoms with E-state index in [1.165, 1.54) is 16.8 Å². The number of carbonyl (C=O) groups excluding carboxylic acids is 1. The molecule has 0 spiro atoms. The topological polar surface area (TPSA) is 81.1 Å². The second kappa shape index (κ2) is 9.67. The van der Waals surface area contributed by atoms with Crippen molar-refractivity contribution in [3.05, 3.63) is 40.7 Å². The van der Waals surface area contributed by atoms with E-state index in [2.05, 4.69) is 64.8 Å². The van der Waals surface area contributed by atoms with Crippen molar-refractivity contribution >= 4 is 23.6 Å². The molecule has 0 bridgehead atoms. The van der Waals surface area contributed by atoms with E-state index in [0.717, 1.165) is 50.3 Å². The van der Waals surface area contributed by atoms with Gasteiger partial charge in [-0.2, -0.15) is 0 Å². The summed E-state index contributed by atoms with van der Waals surface area (Å²) in [5.41, 5.74) is 6.07. The van der Waals surface area contributed by atoms with Crippen LogP contribution in [-0.4, -0.2) is 50.3 Å². The van der Waals surface area contributed by atoms with Gasteiger partial charge in [0, 0.05) is 24.2 Å². The highest BCUT2D eigenvalue weighted by Gasteiger charge is 2.42. The average molecular weight is 451 g/mol. The van der Waals surface area contributed by atoms with Crippen LogP contribution in [0.2, 0.25) is 0 Å². The molecule has 33 heavy (non-hydrogen) atoms. The molecule has 3 aliphatic heterocycles. The van der Waals surface area contributed by atoms with Crippen LogP contribution in [0.25, 0.3) is 0 Å². The fourth-order valence-corrected chi connectivity index (χ4v) is 5.07. The number of nitrogens with zero attached hydrogens (tertiary/aromatic N) is 3. The summed E-state index contributed by atoms with van der Waals surface area (Å²) in [4.78, 5) is 24.5. The molecule has 1 fully saturated rings. The van der Waals surface area contributed by atoms with E-state index >= 15 is 0 Å². The summed E-state index contributed by atoms with van der Waals surface area (Å²) >= 11 is 0. The van der Waals surface area contributed by atoms with Crippen LogP contribution in [0, 0.1) is 12.8 Å². The highest BCUT2D eigenvalue weighted by molar-refractivity contribution is 6.38. The predicted molar refractivity (Wildman–Crippen MR) is 136 cm³/mol. The molecule has 3 aliphatic rings. The van der Waals surface area contributed by atoms with E-state index in [1.807, 2.05) is 6.92 Å². The lowest BCUT2D eigenvalue weighted by atomic mass is 9.81. The molecule has 2 unspecified atom stereocenters. The van der Waals surface area contributed by atoms with Gasteiger partial charge in [-0.05, 0) is 70.7 Å². The average Bonchev–Trinajstić information content (AvgIpc) is 3.11. The van der Waals surface area contributed by atoms with Crippen molar-refractivity contribution in [2.75, 3.05) is 31.1 Å². The second-order valence-electron chi connectivity index (χ2n) is 9.96. The zero-order valence-corrected chi connectivity index (χ0v) is 20.7. The van der Waals surface area contributed by atoms with E-state index in [9.17, 15) is 4.79 Å². The molecule has 2 atom stereocenters. The van der Waals surface area contributed by atoms with E-state index in [4.69, 9.17) is 4.99 Å². The minimum Gasteiger partial charge on any atom is -0.351 e. The fraction of sp³-hybridized carbons (Fsp3) is 0.577. The molecule has 7 nitrogen and oxygen atoms in total. The summed E-state index contributed by atoms with van der Waals surface area (Å²) in [6.45, 7) is 14.1. The molecule has 178 valence electrons. The monoisotopic (exact) mass is 450 g/mol. The van der Waals surface area contributed by atoms with Crippen molar-refractivity contribution in [3.8, 4) is 0 Å². The molecule has 7 heteroatoms. The molecule has 3 heterocycles. The summed E-state index contributed by atoms with van der Waals surface area (Å²) < 4.78 is 0. The molecular weight excluding hydrogens is 412 g/mol. The number of rotatable bonds is 6. The second-order valence-corrected chi connectivity index (χ2v) is 9.96. The molecule has 0 saturated carbocycles. The van der Waals surface area contributed by atoms with Crippen molar-refractivity contribution in [1.82, 2.24) is 16.0 Å². The quantitative estimate of drug-likeness (QED) is 0.581. The number of fused-ring (bicyclic) bond motifs is 1. The van der Waals surface area contributed by atoms with Crippen LogP contribution in [0.15, 0.2) is 39.6 Å². The molecule has 3 N–H and O–H groups in total. The lowest BCUT2D eigenvalue weighted by Crippen LogP contribution is -2.49. The van der Waals surface area contributed by atoms with E-state index in [0.29, 0.717) is 18.2 Å². The summed E-state index contributed by atoms with van der Waals surface area (Å²) in [5.74, 6) is 0.437. The first-order valence-electron chi connectivity index (χ1n) is 12.2. The number of carbonyl (C=O) groups is 1. The zero-order chi connectivity index (χ0) is 23.6. The summed E-state index contributed by atoms with van der Waals surface area (Å²) in [6, 6.07) is 6.70. The van der Waals surface area contributed by atoms with Crippen LogP contribution in [-0.2, 0) is 10.2 Å². The van der Waals surface area contributed by atoms with Gasteiger partial charge in [-0.25, -0.2) is 9.98 Å². The molecule has 1 saturated heterocycles. The fourth-order valence-electron chi connectivity index (χ4n) is 5.07. The van der Waals surface area contributed by atoms with Crippen molar-refractivity contribution in [2.45, 2.75) is 65.5 Å². The van der Waals surface area contributed by atoms with Crippen molar-refractivity contribution in [1.29, 1.82) is 0 Å². The highest BCUT2D eigenvalue weighted by Crippen LogP contribution is 2.45. The Kier molecular flexibility index (Phi) is 6.88. The minimum atomic E-state index is -0.163. The van der Waals surface area contributed by atoms with Gasteiger partial charge in [0.2, 0.25) is 0 Å². The van der Waals surface area contributed by atoms with Gasteiger partial charge >= 0.3 is 0 Å². The van der Waals surface area contributed by atoms with Gasteiger partial charge in [-0.1, -0.05) is 31.5 Å². The molecule has 0 aliphatic carbocycles. The Morgan fingerprint density at radius 1 is 1.30 bits per heavy atom. The molecule has 0 radical (unpaired) electrons. The van der Waals surface area contributed by atoms with Gasteiger partial charge in [-0.15, -0.1) is 0 Å². The smallest absolute Gasteiger partial charge is 0.265 e. The maximum atomic E-state index is 12.8. The number of hydrogen-bond acceptors (Lipinski definition) is 6. The van der Waals surface area contributed by atoms with Gasteiger partial charge in [0.1, 0.15) is 17.6 Å². The number of allylic oxidation sites excluding steroid dienone is 1. The number of nitrogens with one attached hydrogen (secondary N) is 3. The van der Waals surface area contributed by atoms with E-state index < -0.39 is 0 Å². The first kappa shape index (κ1) is 23.5. The summed E-state index contributed by atoms with van der Waals surface area (Å²) in [6.07, 6.45) is 4.85. The Balaban J connectivity index is 1.56. The van der Waals surface area contributed by atoms with Crippen LogP contribution in [0.1, 0.15) is 58.1 Å². The van der Waals surface area contributed by atoms with Crippen molar-refractivity contribution in [3.63, 3.8) is 0 Å². The van der Waals surface area contributed by atoms with Gasteiger partial charge in [0.05, 0.1) is 12.0 Å². The number of aryl methyl sites for hydroxylation is 1. The Bertz CT molecular complexity index is 990. The number of benzene rings is 1. The Morgan fingerprint density at radius 3 is 2.79 bits per heavy atom. The lowest BCUT2D eigenvalue weighted by molar-refractivity contribution is -0.115. The number of hydrogen-bond donors (Lipinski definition) is 3. The third-order valence-electron chi connectivity index (χ3n) is 7.47. The molecule has 4 rings (SSSR count). The zero-order valence-electron chi connectivity index (χ0n) is 20.7. The van der Waals surface area contributed by atoms with Crippen LogP contribution in [0.4, 0.5) is 5.69 Å². The van der Waals surface area contributed by atoms with Gasteiger partial charge in [0.15, 0.2) is 0 Å². The predicted octanol–water partition coefficient (Wildman–Crippen LogP) is 3.25. The number of piperidine rings is 1. The van der Waals surface area contributed by atoms with Gasteiger partial charge in [0.25, 0.3) is 5.91 Å². The number of aliphatic imine (C=N–C) groups is 2. The van der Waals surface area contributed by atoms with Gasteiger partial charge in [-0.3, -0.25) is 4.79 Å². The largest absolute Gasteiger partial charge is 0.351 e. The lowest BCUT2D eigenvalue weighted by Gasteiger charge is -2.34. The first-order chi connectivity index (χ1) is 15.8. The summed E-state index contributed by atoms with van der Waals surface area (Å²) in [7, 11) is 0. The molecule has 0 aromatic heterocycles. The van der Waals surface area contributed by atoms with Crippen molar-refractivity contribution < 1.29 is 4.79 Å². The summed E-state index contributed by atoms with van der Waals surface area (Å²) in [5, 5.41) is 9.88. The Hall–Kier alpha value is -2.67. The highest BCUT2D eigenvalue weighted by atomic mass is 16.1. The first-order valence-corrected chi connectivity index (χ1v) is 12.2. The van der Waals surface area contributed by atoms with Crippen molar-refractivity contribution in [2.24, 2.45) is 15.9 Å². The van der Waals surface area contributed by atoms with Crippen LogP contribution < -0.4 is 20.9 Å². The molecular formula is C26H38N6O. The number of amides is 1. The van der Waals surface area contributed by atoms with Crippen LogP contribution >= 0.6 is 0 Å². The van der Waals surface area contributed by atoms with Gasteiger partial charge < -0.3 is 20.9 Å². The Morgan fingerprint density at radius 2 is 2.06 bits per heavy atom. The van der Waals surface area contributed by atoms with Crippen LogP contribution in [0.5, 0.6) is 0 Å². The minimum absolute atomic E-state index is 0.0711. The normalized spacial score (nSPS) is 25.8. The molecule has 1 aromatic rings. The third kappa shape index (κ3) is 4.83. The maximum absolute atomic E-state index is 12.8. The number of anilines is 1. The third-order valence-corrected chi connectivity index (χ3v) is 7.47. The maximum Gasteiger partial charge on any atom is 0.265 e.